The van der Waals surface area contributed by atoms with Gasteiger partial charge in [0.25, 0.3) is 0 Å². The van der Waals surface area contributed by atoms with E-state index in [9.17, 15) is 29.7 Å². The predicted octanol–water partition coefficient (Wildman–Crippen LogP) is 4.35. The lowest BCUT2D eigenvalue weighted by Gasteiger charge is -2.30. The van der Waals surface area contributed by atoms with Crippen LogP contribution in [0.5, 0.6) is 0 Å². The van der Waals surface area contributed by atoms with Gasteiger partial charge in [0, 0.05) is 16.2 Å². The first-order valence-electron chi connectivity index (χ1n) is 11.6. The number of hydrogen-bond donors (Lipinski definition) is 5. The first-order chi connectivity index (χ1) is 18.6. The summed E-state index contributed by atoms with van der Waals surface area (Å²) in [6, 6.07) is 25.5. The summed E-state index contributed by atoms with van der Waals surface area (Å²) >= 11 is 11.3. The van der Waals surface area contributed by atoms with Gasteiger partial charge in [-0.15, -0.1) is 11.8 Å². The normalized spacial score (nSPS) is 14.9. The molecule has 3 unspecified atom stereocenters. The zero-order valence-corrected chi connectivity index (χ0v) is 22.9. The second-order valence-electron chi connectivity index (χ2n) is 8.40. The maximum atomic E-state index is 12.7. The smallest absolute Gasteiger partial charge is 0.342 e. The third-order valence-corrected chi connectivity index (χ3v) is 7.72. The summed E-state index contributed by atoms with van der Waals surface area (Å²) in [4.78, 5) is 36.6. The summed E-state index contributed by atoms with van der Waals surface area (Å²) in [7, 11) is 0. The second kappa shape index (κ2) is 13.7. The number of rotatable bonds is 12. The topological polar surface area (TPSA) is 147 Å². The summed E-state index contributed by atoms with van der Waals surface area (Å²) in [5.41, 5.74) is 5.76. The molecule has 5 N–H and O–H groups in total. The fourth-order valence-electron chi connectivity index (χ4n) is 3.72. The zero-order valence-electron chi connectivity index (χ0n) is 20.4. The minimum atomic E-state index is -2.91. The van der Waals surface area contributed by atoms with Crippen LogP contribution in [0.1, 0.15) is 23.1 Å². The Kier molecular flexibility index (Phi) is 10.6. The van der Waals surface area contributed by atoms with Crippen LogP contribution in [0.2, 0.25) is 0 Å². The van der Waals surface area contributed by atoms with Gasteiger partial charge in [0.05, 0.1) is 11.5 Å². The molecule has 0 radical (unpaired) electrons. The van der Waals surface area contributed by atoms with Crippen LogP contribution in [0.15, 0.2) is 89.8 Å². The summed E-state index contributed by atoms with van der Waals surface area (Å²) < 4.78 is 4.85. The monoisotopic (exact) mass is 587 g/mol. The van der Waals surface area contributed by atoms with Crippen molar-refractivity contribution in [1.82, 2.24) is 0 Å². The molecule has 3 aromatic carbocycles. The van der Waals surface area contributed by atoms with E-state index < -0.39 is 41.4 Å². The summed E-state index contributed by atoms with van der Waals surface area (Å²) in [5.74, 6) is -4.79. The van der Waals surface area contributed by atoms with Gasteiger partial charge in [-0.25, -0.2) is 4.79 Å². The molecule has 0 saturated heterocycles. The van der Waals surface area contributed by atoms with Crippen molar-refractivity contribution in [2.75, 3.05) is 5.75 Å². The van der Waals surface area contributed by atoms with Crippen LogP contribution in [0.4, 0.5) is 0 Å². The van der Waals surface area contributed by atoms with Crippen LogP contribution < -0.4 is 5.73 Å². The van der Waals surface area contributed by atoms with Crippen molar-refractivity contribution in [2.24, 2.45) is 5.73 Å². The number of ether oxygens (including phenoxy) is 1. The van der Waals surface area contributed by atoms with Crippen LogP contribution in [0.3, 0.4) is 0 Å². The Bertz CT molecular complexity index is 1340. The molecule has 0 bridgehead atoms. The molecule has 0 aliphatic heterocycles. The number of hydrogen-bond acceptors (Lipinski definition) is 8. The number of carboxylic acids is 2. The highest BCUT2D eigenvalue weighted by Crippen LogP contribution is 2.38. The highest BCUT2D eigenvalue weighted by molar-refractivity contribution is 8.00. The van der Waals surface area contributed by atoms with Crippen molar-refractivity contribution in [3.63, 3.8) is 0 Å². The first-order valence-corrected chi connectivity index (χ1v) is 13.5. The number of nitrogens with two attached hydrogens (primary N) is 1. The minimum Gasteiger partial charge on any atom is -0.481 e. The van der Waals surface area contributed by atoms with Gasteiger partial charge in [-0.05, 0) is 28.8 Å². The van der Waals surface area contributed by atoms with Crippen LogP contribution in [0.25, 0.3) is 10.6 Å². The van der Waals surface area contributed by atoms with Crippen molar-refractivity contribution in [3.8, 4) is 0 Å². The van der Waals surface area contributed by atoms with Gasteiger partial charge in [0.2, 0.25) is 0 Å². The Morgan fingerprint density at radius 2 is 1.41 bits per heavy atom. The molecule has 3 rings (SSSR count). The molecule has 0 heterocycles. The lowest BCUT2D eigenvalue weighted by atomic mass is 9.95. The molecule has 0 aliphatic rings. The molecule has 0 amide bonds. The van der Waals surface area contributed by atoms with Crippen LogP contribution in [-0.4, -0.2) is 56.1 Å². The van der Waals surface area contributed by atoms with Crippen LogP contribution in [-0.2, 0) is 19.1 Å². The van der Waals surface area contributed by atoms with Crippen molar-refractivity contribution >= 4 is 64.5 Å². The number of halogens is 1. The third-order valence-electron chi connectivity index (χ3n) is 5.58. The molecular weight excluding hydrogens is 562 g/mol. The predicted molar refractivity (Wildman–Crippen MR) is 153 cm³/mol. The Balaban J connectivity index is 2.00. The molecule has 0 spiro atoms. The lowest BCUT2D eigenvalue weighted by Crippen LogP contribution is -2.55. The van der Waals surface area contributed by atoms with Gasteiger partial charge >= 0.3 is 17.9 Å². The zero-order chi connectivity index (χ0) is 28.6. The van der Waals surface area contributed by atoms with E-state index in [-0.39, 0.29) is 5.75 Å². The maximum Gasteiger partial charge on any atom is 0.342 e. The summed E-state index contributed by atoms with van der Waals surface area (Å²) in [6.45, 7) is 0. The van der Waals surface area contributed by atoms with Crippen LogP contribution in [0, 0.1) is 0 Å². The number of esters is 1. The Morgan fingerprint density at radius 1 is 0.897 bits per heavy atom. The van der Waals surface area contributed by atoms with E-state index in [1.165, 1.54) is 0 Å². The molecular formula is C28H26ClNO7S2. The minimum absolute atomic E-state index is 0.121. The molecule has 39 heavy (non-hydrogen) atoms. The first kappa shape index (κ1) is 30.3. The molecule has 3 atom stereocenters. The number of carbonyl (C=O) groups is 3. The summed E-state index contributed by atoms with van der Waals surface area (Å²) in [6.07, 6.45) is -2.47. The van der Waals surface area contributed by atoms with Gasteiger partial charge in [0.15, 0.2) is 11.8 Å². The standard InChI is InChI=1S/C28H26ClNO7S2/c29-24(19-9-5-2-6-10-19)23(17-7-3-1-4-8-17)18-11-13-20(14-12-18)39-25(26(33)34)28(36,15-22(31)32)27(35)37-21(30)16-38/h1-14,21,25,36,38H,15-16,30H2,(H,31,32)(H,33,34). The molecule has 0 fully saturated rings. The largest absolute Gasteiger partial charge is 0.481 e. The Hall–Kier alpha value is -3.28. The van der Waals surface area contributed by atoms with E-state index in [1.807, 2.05) is 60.7 Å². The summed E-state index contributed by atoms with van der Waals surface area (Å²) in [5, 5.41) is 28.8. The van der Waals surface area contributed by atoms with Crippen molar-refractivity contribution < 1.29 is 34.4 Å². The lowest BCUT2D eigenvalue weighted by molar-refractivity contribution is -0.177. The van der Waals surface area contributed by atoms with E-state index in [1.54, 1.807) is 24.3 Å². The quantitative estimate of drug-likeness (QED) is 0.0685. The number of thiol groups is 1. The molecule has 11 heteroatoms. The number of benzene rings is 3. The van der Waals surface area contributed by atoms with E-state index in [0.29, 0.717) is 21.7 Å². The number of aliphatic carboxylic acids is 2. The fourth-order valence-corrected chi connectivity index (χ4v) is 5.18. The van der Waals surface area contributed by atoms with E-state index in [0.717, 1.165) is 22.3 Å². The van der Waals surface area contributed by atoms with Gasteiger partial charge in [-0.2, -0.15) is 12.6 Å². The fraction of sp³-hybridized carbons (Fsp3) is 0.179. The molecule has 0 aromatic heterocycles. The number of carbonyl (C=O) groups excluding carboxylic acids is 1. The number of carboxylic acid groups (broad SMARTS) is 2. The number of aliphatic hydroxyl groups is 1. The average Bonchev–Trinajstić information content (AvgIpc) is 2.92. The highest BCUT2D eigenvalue weighted by Gasteiger charge is 2.52. The van der Waals surface area contributed by atoms with Gasteiger partial charge in [0.1, 0.15) is 5.25 Å². The van der Waals surface area contributed by atoms with Crippen molar-refractivity contribution in [3.05, 3.63) is 102 Å². The van der Waals surface area contributed by atoms with Gasteiger partial charge in [-0.1, -0.05) is 84.4 Å². The maximum absolute atomic E-state index is 12.7. The Morgan fingerprint density at radius 3 is 1.90 bits per heavy atom. The molecule has 3 aromatic rings. The van der Waals surface area contributed by atoms with E-state index >= 15 is 0 Å². The van der Waals surface area contributed by atoms with Gasteiger partial charge in [-0.3, -0.25) is 15.3 Å². The highest BCUT2D eigenvalue weighted by atomic mass is 35.5. The van der Waals surface area contributed by atoms with Gasteiger partial charge < -0.3 is 20.1 Å². The van der Waals surface area contributed by atoms with Crippen molar-refractivity contribution in [2.45, 2.75) is 28.4 Å². The number of thioether (sulfide) groups is 1. The molecule has 0 saturated carbocycles. The Labute approximate surface area is 239 Å². The van der Waals surface area contributed by atoms with Crippen LogP contribution >= 0.6 is 36.0 Å². The molecule has 0 aliphatic carbocycles. The van der Waals surface area contributed by atoms with E-state index in [2.05, 4.69) is 12.6 Å². The van der Waals surface area contributed by atoms with E-state index in [4.69, 9.17) is 22.1 Å². The third kappa shape index (κ3) is 7.65. The SMILES string of the molecule is NC(CS)OC(=O)C(O)(CC(=O)O)C(Sc1ccc(C(=C(Cl)c2ccccc2)c2ccccc2)cc1)C(=O)O. The average molecular weight is 588 g/mol. The van der Waals surface area contributed by atoms with Crippen molar-refractivity contribution in [1.29, 1.82) is 0 Å². The molecule has 8 nitrogen and oxygen atoms in total. The molecule has 204 valence electrons. The second-order valence-corrected chi connectivity index (χ2v) is 10.3.